The number of benzene rings is 2. The second-order valence-corrected chi connectivity index (χ2v) is 5.87. The fraction of sp³-hybridized carbons (Fsp3) is 0.167. The van der Waals surface area contributed by atoms with E-state index in [4.69, 9.17) is 0 Å². The molecule has 1 aliphatic rings. The van der Waals surface area contributed by atoms with Crippen LogP contribution in [0, 0.1) is 0 Å². The first kappa shape index (κ1) is 16.3. The van der Waals surface area contributed by atoms with Crippen LogP contribution < -0.4 is 10.2 Å². The summed E-state index contributed by atoms with van der Waals surface area (Å²) in [6.45, 7) is 0.755. The molecule has 2 heterocycles. The zero-order chi connectivity index (χ0) is 18.1. The van der Waals surface area contributed by atoms with Gasteiger partial charge in [0.15, 0.2) is 5.82 Å². The smallest absolute Gasteiger partial charge is 0.339 e. The number of alkyl halides is 3. The summed E-state index contributed by atoms with van der Waals surface area (Å²) in [7, 11) is 0. The highest BCUT2D eigenvalue weighted by atomic mass is 19.4. The Bertz CT molecular complexity index is 925. The second-order valence-electron chi connectivity index (χ2n) is 5.87. The lowest BCUT2D eigenvalue weighted by atomic mass is 10.2. The average Bonchev–Trinajstić information content (AvgIpc) is 3.06. The monoisotopic (exact) mass is 357 g/mol. The third-order valence-corrected chi connectivity index (χ3v) is 4.16. The van der Waals surface area contributed by atoms with E-state index in [1.165, 1.54) is 23.9 Å². The van der Waals surface area contributed by atoms with E-state index in [9.17, 15) is 13.2 Å². The molecule has 1 N–H and O–H groups in total. The van der Waals surface area contributed by atoms with Crippen LogP contribution in [0.1, 0.15) is 11.1 Å². The van der Waals surface area contributed by atoms with Gasteiger partial charge < -0.3 is 10.2 Å². The van der Waals surface area contributed by atoms with Crippen LogP contribution in [0.3, 0.4) is 0 Å². The van der Waals surface area contributed by atoms with Crippen LogP contribution in [0.4, 0.5) is 36.3 Å². The third-order valence-electron chi connectivity index (χ3n) is 4.16. The molecule has 0 radical (unpaired) electrons. The minimum absolute atomic E-state index is 0.416. The minimum Gasteiger partial charge on any atom is -0.339 e. The van der Waals surface area contributed by atoms with Gasteiger partial charge in [-0.25, -0.2) is 0 Å². The third kappa shape index (κ3) is 3.17. The van der Waals surface area contributed by atoms with Gasteiger partial charge >= 0.3 is 6.18 Å². The number of hydrogen-bond acceptors (Lipinski definition) is 5. The van der Waals surface area contributed by atoms with Crippen LogP contribution in [0.25, 0.3) is 0 Å². The van der Waals surface area contributed by atoms with Gasteiger partial charge in [0.25, 0.3) is 5.95 Å². The van der Waals surface area contributed by atoms with Crippen molar-refractivity contribution in [2.45, 2.75) is 12.6 Å². The first-order chi connectivity index (χ1) is 12.5. The van der Waals surface area contributed by atoms with Crippen molar-refractivity contribution in [3.8, 4) is 0 Å². The summed E-state index contributed by atoms with van der Waals surface area (Å²) in [4.78, 5) is 6.41. The Kier molecular flexibility index (Phi) is 3.95. The summed E-state index contributed by atoms with van der Waals surface area (Å²) in [5.74, 6) is 0.867. The number of hydrogen-bond donors (Lipinski definition) is 1. The molecule has 0 aliphatic carbocycles. The van der Waals surface area contributed by atoms with E-state index in [0.29, 0.717) is 17.5 Å². The van der Waals surface area contributed by atoms with Gasteiger partial charge in [-0.2, -0.15) is 23.3 Å². The molecule has 2 aromatic carbocycles. The molecule has 0 amide bonds. The van der Waals surface area contributed by atoms with Crippen molar-refractivity contribution in [2.75, 3.05) is 16.8 Å². The Hall–Kier alpha value is -3.16. The van der Waals surface area contributed by atoms with Gasteiger partial charge in [0, 0.05) is 17.9 Å². The summed E-state index contributed by atoms with van der Waals surface area (Å²) in [5, 5.41) is 11.0. The van der Waals surface area contributed by atoms with E-state index in [-0.39, 0.29) is 0 Å². The molecule has 0 saturated carbocycles. The molecule has 5 nitrogen and oxygen atoms in total. The standard InChI is InChI=1S/C18H14F3N5/c19-18(20,21)13-5-7-14(8-6-13)23-16-11-22-25-17(24-16)26-10-9-12-3-1-2-4-15(12)26/h1-8,11H,9-10H2,(H,23,24,25). The van der Waals surface area contributed by atoms with Crippen LogP contribution in [0.15, 0.2) is 54.7 Å². The van der Waals surface area contributed by atoms with E-state index >= 15 is 0 Å². The molecule has 1 aromatic heterocycles. The van der Waals surface area contributed by atoms with Crippen LogP contribution in [0.5, 0.6) is 0 Å². The number of fused-ring (bicyclic) bond motifs is 1. The molecular formula is C18H14F3N5. The van der Waals surface area contributed by atoms with Gasteiger partial charge in [-0.3, -0.25) is 0 Å². The highest BCUT2D eigenvalue weighted by Crippen LogP contribution is 2.33. The van der Waals surface area contributed by atoms with Gasteiger partial charge in [0.05, 0.1) is 11.8 Å². The van der Waals surface area contributed by atoms with Crippen molar-refractivity contribution in [1.82, 2.24) is 15.2 Å². The van der Waals surface area contributed by atoms with Crippen molar-refractivity contribution in [1.29, 1.82) is 0 Å². The molecule has 132 valence electrons. The Morgan fingerprint density at radius 1 is 1.00 bits per heavy atom. The lowest BCUT2D eigenvalue weighted by molar-refractivity contribution is -0.137. The lowest BCUT2D eigenvalue weighted by Crippen LogP contribution is -2.17. The average molecular weight is 357 g/mol. The number of para-hydroxylation sites is 1. The van der Waals surface area contributed by atoms with Crippen molar-refractivity contribution in [2.24, 2.45) is 0 Å². The van der Waals surface area contributed by atoms with Crippen molar-refractivity contribution in [3.05, 3.63) is 65.9 Å². The number of rotatable bonds is 3. The summed E-state index contributed by atoms with van der Waals surface area (Å²) in [6, 6.07) is 12.8. The van der Waals surface area contributed by atoms with Crippen LogP contribution in [-0.2, 0) is 12.6 Å². The molecule has 0 atom stereocenters. The molecule has 3 aromatic rings. The highest BCUT2D eigenvalue weighted by molar-refractivity contribution is 5.66. The summed E-state index contributed by atoms with van der Waals surface area (Å²) >= 11 is 0. The van der Waals surface area contributed by atoms with Gasteiger partial charge in [-0.1, -0.05) is 18.2 Å². The Labute approximate surface area is 147 Å². The highest BCUT2D eigenvalue weighted by Gasteiger charge is 2.30. The molecule has 26 heavy (non-hydrogen) atoms. The summed E-state index contributed by atoms with van der Waals surface area (Å²) in [6.07, 6.45) is -2.02. The number of anilines is 4. The van der Waals surface area contributed by atoms with Crippen LogP contribution in [-0.4, -0.2) is 21.7 Å². The molecule has 4 rings (SSSR count). The zero-order valence-electron chi connectivity index (χ0n) is 13.5. The van der Waals surface area contributed by atoms with Crippen LogP contribution >= 0.6 is 0 Å². The second kappa shape index (κ2) is 6.29. The normalized spacial score (nSPS) is 13.6. The molecule has 0 spiro atoms. The zero-order valence-corrected chi connectivity index (χ0v) is 13.5. The predicted octanol–water partition coefficient (Wildman–Crippen LogP) is 4.33. The maximum atomic E-state index is 12.6. The predicted molar refractivity (Wildman–Crippen MR) is 91.7 cm³/mol. The number of nitrogens with zero attached hydrogens (tertiary/aromatic N) is 4. The molecule has 8 heteroatoms. The molecular weight excluding hydrogens is 343 g/mol. The van der Waals surface area contributed by atoms with Gasteiger partial charge in [0.2, 0.25) is 0 Å². The summed E-state index contributed by atoms with van der Waals surface area (Å²) < 4.78 is 37.9. The van der Waals surface area contributed by atoms with E-state index < -0.39 is 11.7 Å². The first-order valence-electron chi connectivity index (χ1n) is 8.00. The molecule has 0 fully saturated rings. The summed E-state index contributed by atoms with van der Waals surface area (Å²) in [5.41, 5.74) is 2.06. The molecule has 0 saturated heterocycles. The fourth-order valence-corrected chi connectivity index (χ4v) is 2.91. The Morgan fingerprint density at radius 3 is 2.54 bits per heavy atom. The van der Waals surface area contributed by atoms with Crippen molar-refractivity contribution < 1.29 is 13.2 Å². The topological polar surface area (TPSA) is 53.9 Å². The van der Waals surface area contributed by atoms with Crippen molar-refractivity contribution >= 4 is 23.1 Å². The SMILES string of the molecule is FC(F)(F)c1ccc(Nc2cnnc(N3CCc4ccccc43)n2)cc1. The van der Waals surface area contributed by atoms with E-state index in [1.807, 2.05) is 23.1 Å². The maximum Gasteiger partial charge on any atom is 0.416 e. The van der Waals surface area contributed by atoms with Gasteiger partial charge in [0.1, 0.15) is 0 Å². The molecule has 1 aliphatic heterocycles. The number of aromatic nitrogens is 3. The van der Waals surface area contributed by atoms with Crippen molar-refractivity contribution in [3.63, 3.8) is 0 Å². The minimum atomic E-state index is -4.36. The van der Waals surface area contributed by atoms with Gasteiger partial charge in [-0.05, 0) is 42.3 Å². The number of nitrogens with one attached hydrogen (secondary N) is 1. The number of halogens is 3. The van der Waals surface area contributed by atoms with E-state index in [0.717, 1.165) is 30.8 Å². The maximum absolute atomic E-state index is 12.6. The van der Waals surface area contributed by atoms with E-state index in [2.05, 4.69) is 26.6 Å². The van der Waals surface area contributed by atoms with E-state index in [1.54, 1.807) is 0 Å². The lowest BCUT2D eigenvalue weighted by Gasteiger charge is -2.17. The Morgan fingerprint density at radius 2 is 1.77 bits per heavy atom. The first-order valence-corrected chi connectivity index (χ1v) is 8.00. The molecule has 0 bridgehead atoms. The van der Waals surface area contributed by atoms with Crippen LogP contribution in [0.2, 0.25) is 0 Å². The fourth-order valence-electron chi connectivity index (χ4n) is 2.91. The quantitative estimate of drug-likeness (QED) is 0.756. The van der Waals surface area contributed by atoms with Gasteiger partial charge in [-0.15, -0.1) is 5.10 Å². The Balaban J connectivity index is 1.55. The molecule has 0 unspecified atom stereocenters. The largest absolute Gasteiger partial charge is 0.416 e.